The number of nitrogens with zero attached hydrogens (tertiary/aromatic N) is 4. The highest BCUT2D eigenvalue weighted by molar-refractivity contribution is 5.90. The second-order valence-electron chi connectivity index (χ2n) is 5.18. The van der Waals surface area contributed by atoms with Gasteiger partial charge in [-0.05, 0) is 25.1 Å². The van der Waals surface area contributed by atoms with Crippen molar-refractivity contribution < 1.29 is 4.74 Å². The van der Waals surface area contributed by atoms with Crippen molar-refractivity contribution in [3.63, 3.8) is 0 Å². The maximum absolute atomic E-state index is 5.29. The van der Waals surface area contributed by atoms with Crippen LogP contribution in [0.4, 0.5) is 5.82 Å². The summed E-state index contributed by atoms with van der Waals surface area (Å²) >= 11 is 0. The van der Waals surface area contributed by atoms with Crippen LogP contribution in [0.1, 0.15) is 11.5 Å². The molecule has 0 bridgehead atoms. The molecule has 3 rings (SSSR count). The predicted molar refractivity (Wildman–Crippen MR) is 86.2 cm³/mol. The number of fused-ring (bicyclic) bond motifs is 1. The molecule has 2 aromatic heterocycles. The summed E-state index contributed by atoms with van der Waals surface area (Å²) in [6.45, 7) is 2.68. The predicted octanol–water partition coefficient (Wildman–Crippen LogP) is 2.33. The van der Waals surface area contributed by atoms with Crippen LogP contribution in [0.3, 0.4) is 0 Å². The zero-order chi connectivity index (χ0) is 15.5. The maximum atomic E-state index is 5.29. The van der Waals surface area contributed by atoms with Crippen LogP contribution < -0.4 is 10.1 Å². The standard InChI is InChI=1S/C16H19N5O/c1-11-19-15-5-4-13(22-3)8-14(15)16(20-11)18-7-6-12-9-17-10-21(12)2/h4-5,8-10H,6-7H2,1-3H3,(H,18,19,20). The lowest BCUT2D eigenvalue weighted by molar-refractivity contribution is 0.415. The number of anilines is 1. The van der Waals surface area contributed by atoms with Gasteiger partial charge < -0.3 is 14.6 Å². The minimum atomic E-state index is 0.751. The van der Waals surface area contributed by atoms with Crippen molar-refractivity contribution in [1.82, 2.24) is 19.5 Å². The molecule has 0 saturated carbocycles. The van der Waals surface area contributed by atoms with Crippen molar-refractivity contribution in [3.05, 3.63) is 42.2 Å². The molecule has 0 spiro atoms. The lowest BCUT2D eigenvalue weighted by Gasteiger charge is -2.11. The average Bonchev–Trinajstić information content (AvgIpc) is 2.92. The van der Waals surface area contributed by atoms with Crippen molar-refractivity contribution in [1.29, 1.82) is 0 Å². The van der Waals surface area contributed by atoms with Gasteiger partial charge in [-0.3, -0.25) is 0 Å². The van der Waals surface area contributed by atoms with E-state index in [-0.39, 0.29) is 0 Å². The molecule has 114 valence electrons. The van der Waals surface area contributed by atoms with Crippen molar-refractivity contribution >= 4 is 16.7 Å². The van der Waals surface area contributed by atoms with Gasteiger partial charge in [0.05, 0.1) is 19.0 Å². The third-order valence-corrected chi connectivity index (χ3v) is 3.60. The number of hydrogen-bond acceptors (Lipinski definition) is 5. The van der Waals surface area contributed by atoms with Gasteiger partial charge in [0.2, 0.25) is 0 Å². The van der Waals surface area contributed by atoms with E-state index in [2.05, 4.69) is 20.3 Å². The number of imidazole rings is 1. The second kappa shape index (κ2) is 6.01. The fraction of sp³-hybridized carbons (Fsp3) is 0.312. The molecule has 2 heterocycles. The van der Waals surface area contributed by atoms with Crippen molar-refractivity contribution in [2.45, 2.75) is 13.3 Å². The number of hydrogen-bond donors (Lipinski definition) is 1. The minimum absolute atomic E-state index is 0.751. The Balaban J connectivity index is 1.84. The zero-order valence-corrected chi connectivity index (χ0v) is 13.0. The molecule has 6 nitrogen and oxygen atoms in total. The van der Waals surface area contributed by atoms with E-state index in [1.807, 2.05) is 49.3 Å². The quantitative estimate of drug-likeness (QED) is 0.783. The third kappa shape index (κ3) is 2.86. The molecule has 0 unspecified atom stereocenters. The summed E-state index contributed by atoms with van der Waals surface area (Å²) in [5.41, 5.74) is 2.09. The molecule has 0 aliphatic carbocycles. The highest BCUT2D eigenvalue weighted by atomic mass is 16.5. The summed E-state index contributed by atoms with van der Waals surface area (Å²) in [4.78, 5) is 13.1. The van der Waals surface area contributed by atoms with E-state index in [9.17, 15) is 0 Å². The second-order valence-corrected chi connectivity index (χ2v) is 5.18. The number of methoxy groups -OCH3 is 1. The summed E-state index contributed by atoms with van der Waals surface area (Å²) in [7, 11) is 3.66. The Kier molecular flexibility index (Phi) is 3.91. The summed E-state index contributed by atoms with van der Waals surface area (Å²) in [6, 6.07) is 5.82. The maximum Gasteiger partial charge on any atom is 0.137 e. The number of nitrogens with one attached hydrogen (secondary N) is 1. The highest BCUT2D eigenvalue weighted by Gasteiger charge is 2.07. The van der Waals surface area contributed by atoms with E-state index in [0.29, 0.717) is 0 Å². The number of rotatable bonds is 5. The van der Waals surface area contributed by atoms with Crippen LogP contribution >= 0.6 is 0 Å². The number of benzene rings is 1. The molecule has 0 radical (unpaired) electrons. The van der Waals surface area contributed by atoms with Gasteiger partial charge in [-0.2, -0.15) is 0 Å². The molecule has 0 saturated heterocycles. The van der Waals surface area contributed by atoms with Crippen LogP contribution in [0.2, 0.25) is 0 Å². The molecule has 0 aliphatic rings. The largest absolute Gasteiger partial charge is 0.497 e. The molecule has 6 heteroatoms. The smallest absolute Gasteiger partial charge is 0.137 e. The van der Waals surface area contributed by atoms with Crippen LogP contribution in [0.5, 0.6) is 5.75 Å². The van der Waals surface area contributed by atoms with Gasteiger partial charge in [0, 0.05) is 37.3 Å². The van der Waals surface area contributed by atoms with Crippen LogP contribution in [-0.4, -0.2) is 33.2 Å². The monoisotopic (exact) mass is 297 g/mol. The highest BCUT2D eigenvalue weighted by Crippen LogP contribution is 2.25. The van der Waals surface area contributed by atoms with Gasteiger partial charge >= 0.3 is 0 Å². The van der Waals surface area contributed by atoms with Crippen LogP contribution in [0.25, 0.3) is 10.9 Å². The first-order valence-electron chi connectivity index (χ1n) is 7.19. The molecule has 1 aromatic carbocycles. The van der Waals surface area contributed by atoms with Gasteiger partial charge in [0.15, 0.2) is 0 Å². The minimum Gasteiger partial charge on any atom is -0.497 e. The first-order chi connectivity index (χ1) is 10.7. The molecule has 0 fully saturated rings. The average molecular weight is 297 g/mol. The molecule has 0 aliphatic heterocycles. The van der Waals surface area contributed by atoms with Gasteiger partial charge in [-0.15, -0.1) is 0 Å². The van der Waals surface area contributed by atoms with E-state index in [1.165, 1.54) is 5.69 Å². The van der Waals surface area contributed by atoms with E-state index in [4.69, 9.17) is 4.74 Å². The van der Waals surface area contributed by atoms with E-state index < -0.39 is 0 Å². The molecular weight excluding hydrogens is 278 g/mol. The summed E-state index contributed by atoms with van der Waals surface area (Å²) < 4.78 is 7.31. The first kappa shape index (κ1) is 14.3. The molecular formula is C16H19N5O. The summed E-state index contributed by atoms with van der Waals surface area (Å²) in [6.07, 6.45) is 4.57. The van der Waals surface area contributed by atoms with Gasteiger partial charge in [-0.1, -0.05) is 0 Å². The van der Waals surface area contributed by atoms with Gasteiger partial charge in [0.25, 0.3) is 0 Å². The normalized spacial score (nSPS) is 10.9. The fourth-order valence-electron chi connectivity index (χ4n) is 2.42. The van der Waals surface area contributed by atoms with Crippen molar-refractivity contribution in [2.24, 2.45) is 7.05 Å². The summed E-state index contributed by atoms with van der Waals surface area (Å²) in [5.74, 6) is 2.39. The number of ether oxygens (including phenoxy) is 1. The first-order valence-corrected chi connectivity index (χ1v) is 7.19. The Bertz CT molecular complexity index is 796. The molecule has 1 N–H and O–H groups in total. The summed E-state index contributed by atoms with van der Waals surface area (Å²) in [5, 5.41) is 4.37. The Morgan fingerprint density at radius 3 is 2.86 bits per heavy atom. The lowest BCUT2D eigenvalue weighted by atomic mass is 10.2. The van der Waals surface area contributed by atoms with Crippen LogP contribution in [-0.2, 0) is 13.5 Å². The van der Waals surface area contributed by atoms with Crippen LogP contribution in [0, 0.1) is 6.92 Å². The molecule has 0 atom stereocenters. The molecule has 3 aromatic rings. The van der Waals surface area contributed by atoms with E-state index in [0.717, 1.165) is 41.3 Å². The van der Waals surface area contributed by atoms with Crippen molar-refractivity contribution in [2.75, 3.05) is 19.0 Å². The fourth-order valence-corrected chi connectivity index (χ4v) is 2.42. The molecule has 22 heavy (non-hydrogen) atoms. The van der Waals surface area contributed by atoms with Crippen molar-refractivity contribution in [3.8, 4) is 5.75 Å². The molecule has 0 amide bonds. The Morgan fingerprint density at radius 1 is 1.27 bits per heavy atom. The zero-order valence-electron chi connectivity index (χ0n) is 13.0. The Labute approximate surface area is 129 Å². The lowest BCUT2D eigenvalue weighted by Crippen LogP contribution is -2.10. The van der Waals surface area contributed by atoms with Crippen LogP contribution in [0.15, 0.2) is 30.7 Å². The van der Waals surface area contributed by atoms with Gasteiger partial charge in [0.1, 0.15) is 17.4 Å². The number of aromatic nitrogens is 4. The van der Waals surface area contributed by atoms with E-state index in [1.54, 1.807) is 7.11 Å². The SMILES string of the molecule is COc1ccc2nc(C)nc(NCCc3cncn3C)c2c1. The van der Waals surface area contributed by atoms with E-state index >= 15 is 0 Å². The topological polar surface area (TPSA) is 64.9 Å². The number of aryl methyl sites for hydroxylation is 2. The third-order valence-electron chi connectivity index (χ3n) is 3.60. The Hall–Kier alpha value is -2.63. The Morgan fingerprint density at radius 2 is 2.14 bits per heavy atom. The van der Waals surface area contributed by atoms with Gasteiger partial charge in [-0.25, -0.2) is 15.0 Å².